The third-order valence-electron chi connectivity index (χ3n) is 4.00. The number of likely N-dealkylation sites (tertiary alicyclic amines) is 1. The molecule has 1 unspecified atom stereocenters. The Morgan fingerprint density at radius 2 is 1.89 bits per heavy atom. The number of hydrogen-bond acceptors (Lipinski definition) is 3. The molecule has 0 aromatic heterocycles. The Balaban J connectivity index is 1.99. The van der Waals surface area contributed by atoms with Gasteiger partial charge < -0.3 is 10.2 Å². The number of nitrogens with zero attached hydrogens (tertiary/aromatic N) is 2. The van der Waals surface area contributed by atoms with E-state index in [1.165, 1.54) is 64.7 Å². The highest BCUT2D eigenvalue weighted by molar-refractivity contribution is 4.80. The van der Waals surface area contributed by atoms with E-state index in [1.54, 1.807) is 0 Å². The van der Waals surface area contributed by atoms with Gasteiger partial charge in [0, 0.05) is 18.6 Å². The molecular weight excluding hydrogens is 234 g/mol. The molecule has 1 rings (SSSR count). The Morgan fingerprint density at radius 1 is 1.16 bits per heavy atom. The summed E-state index contributed by atoms with van der Waals surface area (Å²) < 4.78 is 0. The van der Waals surface area contributed by atoms with Crippen LogP contribution in [0.15, 0.2) is 0 Å². The normalized spacial score (nSPS) is 20.8. The summed E-state index contributed by atoms with van der Waals surface area (Å²) in [5.41, 5.74) is 0. The molecule has 1 aliphatic rings. The monoisotopic (exact) mass is 269 g/mol. The topological polar surface area (TPSA) is 18.5 Å². The summed E-state index contributed by atoms with van der Waals surface area (Å²) in [7, 11) is 4.39. The quantitative estimate of drug-likeness (QED) is 0.615. The van der Waals surface area contributed by atoms with Gasteiger partial charge in [0.05, 0.1) is 0 Å². The molecule has 1 saturated heterocycles. The van der Waals surface area contributed by atoms with E-state index in [9.17, 15) is 0 Å². The second-order valence-electron chi connectivity index (χ2n) is 6.62. The van der Waals surface area contributed by atoms with Crippen LogP contribution in [0.2, 0.25) is 0 Å². The van der Waals surface area contributed by atoms with Crippen molar-refractivity contribution in [1.82, 2.24) is 15.1 Å². The molecule has 0 radical (unpaired) electrons. The molecule has 0 saturated carbocycles. The largest absolute Gasteiger partial charge is 0.315 e. The van der Waals surface area contributed by atoms with Crippen LogP contribution in [0.3, 0.4) is 0 Å². The summed E-state index contributed by atoms with van der Waals surface area (Å²) in [4.78, 5) is 5.05. The predicted molar refractivity (Wildman–Crippen MR) is 84.8 cm³/mol. The van der Waals surface area contributed by atoms with Crippen molar-refractivity contribution in [2.45, 2.75) is 64.5 Å². The summed E-state index contributed by atoms with van der Waals surface area (Å²) in [6, 6.07) is 1.45. The molecule has 1 fully saturated rings. The third-order valence-corrected chi connectivity index (χ3v) is 4.00. The van der Waals surface area contributed by atoms with Crippen LogP contribution in [0.25, 0.3) is 0 Å². The number of hydrogen-bond donors (Lipinski definition) is 1. The van der Waals surface area contributed by atoms with Gasteiger partial charge in [-0.15, -0.1) is 0 Å². The molecule has 0 amide bonds. The number of unbranched alkanes of at least 4 members (excludes halogenated alkanes) is 3. The van der Waals surface area contributed by atoms with E-state index in [1.807, 2.05) is 0 Å². The number of rotatable bonds is 10. The molecule has 1 aliphatic heterocycles. The maximum atomic E-state index is 3.49. The minimum atomic E-state index is 0.636. The maximum Gasteiger partial charge on any atom is 0.0223 e. The molecular formula is C16H35N3. The van der Waals surface area contributed by atoms with Crippen LogP contribution in [0.5, 0.6) is 0 Å². The van der Waals surface area contributed by atoms with Crippen molar-refractivity contribution >= 4 is 0 Å². The van der Waals surface area contributed by atoms with Gasteiger partial charge in [-0.05, 0) is 59.4 Å². The van der Waals surface area contributed by atoms with Crippen molar-refractivity contribution in [1.29, 1.82) is 0 Å². The number of nitrogens with one attached hydrogen (secondary N) is 1. The first-order chi connectivity index (χ1) is 9.09. The van der Waals surface area contributed by atoms with Gasteiger partial charge in [0.1, 0.15) is 0 Å². The molecule has 3 heteroatoms. The number of likely N-dealkylation sites (N-methyl/N-ethyl adjacent to an activating group) is 1. The molecule has 0 spiro atoms. The van der Waals surface area contributed by atoms with E-state index in [0.29, 0.717) is 6.04 Å². The average Bonchev–Trinajstić information content (AvgIpc) is 2.74. The predicted octanol–water partition coefficient (Wildman–Crippen LogP) is 2.57. The van der Waals surface area contributed by atoms with Gasteiger partial charge in [-0.3, -0.25) is 4.90 Å². The maximum absolute atomic E-state index is 3.49. The van der Waals surface area contributed by atoms with E-state index in [-0.39, 0.29) is 0 Å². The average molecular weight is 269 g/mol. The van der Waals surface area contributed by atoms with Gasteiger partial charge in [-0.25, -0.2) is 0 Å². The fraction of sp³-hybridized carbons (Fsp3) is 1.00. The molecule has 114 valence electrons. The van der Waals surface area contributed by atoms with Gasteiger partial charge in [0.2, 0.25) is 0 Å². The van der Waals surface area contributed by atoms with E-state index in [2.05, 4.69) is 43.1 Å². The molecule has 1 atom stereocenters. The van der Waals surface area contributed by atoms with Gasteiger partial charge in [-0.2, -0.15) is 0 Å². The van der Waals surface area contributed by atoms with E-state index >= 15 is 0 Å². The highest BCUT2D eigenvalue weighted by Gasteiger charge is 2.23. The van der Waals surface area contributed by atoms with Crippen molar-refractivity contribution in [3.8, 4) is 0 Å². The standard InChI is InChI=1S/C16H35N3/c1-15(2)17-11-7-5-6-8-12-19-13-9-10-16(19)14-18(3)4/h15-17H,5-14H2,1-4H3. The SMILES string of the molecule is CC(C)NCCCCCCN1CCCC1CN(C)C. The second-order valence-corrected chi connectivity index (χ2v) is 6.62. The van der Waals surface area contributed by atoms with Crippen LogP contribution in [-0.2, 0) is 0 Å². The molecule has 3 nitrogen and oxygen atoms in total. The molecule has 0 aliphatic carbocycles. The summed E-state index contributed by atoms with van der Waals surface area (Å²) in [6.07, 6.45) is 8.29. The summed E-state index contributed by atoms with van der Waals surface area (Å²) >= 11 is 0. The van der Waals surface area contributed by atoms with Crippen LogP contribution in [0.4, 0.5) is 0 Å². The van der Waals surface area contributed by atoms with Gasteiger partial charge in [-0.1, -0.05) is 26.7 Å². The van der Waals surface area contributed by atoms with E-state index in [0.717, 1.165) is 6.04 Å². The Labute approximate surface area is 120 Å². The Bertz CT molecular complexity index is 216. The van der Waals surface area contributed by atoms with Crippen LogP contribution in [-0.4, -0.2) is 62.2 Å². The minimum Gasteiger partial charge on any atom is -0.315 e. The summed E-state index contributed by atoms with van der Waals surface area (Å²) in [6.45, 7) is 9.50. The lowest BCUT2D eigenvalue weighted by molar-refractivity contribution is 0.204. The van der Waals surface area contributed by atoms with Crippen molar-refractivity contribution in [2.75, 3.05) is 40.3 Å². The Hall–Kier alpha value is -0.120. The zero-order valence-electron chi connectivity index (χ0n) is 13.6. The lowest BCUT2D eigenvalue weighted by Gasteiger charge is -2.26. The lowest BCUT2D eigenvalue weighted by Crippen LogP contribution is -2.38. The minimum absolute atomic E-state index is 0.636. The van der Waals surface area contributed by atoms with Crippen molar-refractivity contribution in [3.63, 3.8) is 0 Å². The fourth-order valence-electron chi connectivity index (χ4n) is 3.00. The second kappa shape index (κ2) is 9.73. The van der Waals surface area contributed by atoms with Crippen molar-refractivity contribution < 1.29 is 0 Å². The van der Waals surface area contributed by atoms with Crippen LogP contribution in [0.1, 0.15) is 52.4 Å². The van der Waals surface area contributed by atoms with Gasteiger partial charge >= 0.3 is 0 Å². The zero-order valence-corrected chi connectivity index (χ0v) is 13.6. The van der Waals surface area contributed by atoms with Crippen LogP contribution >= 0.6 is 0 Å². The molecule has 0 aromatic carbocycles. The fourth-order valence-corrected chi connectivity index (χ4v) is 3.00. The summed E-state index contributed by atoms with van der Waals surface area (Å²) in [5, 5.41) is 3.49. The zero-order chi connectivity index (χ0) is 14.1. The van der Waals surface area contributed by atoms with Gasteiger partial charge in [0.25, 0.3) is 0 Å². The molecule has 1 N–H and O–H groups in total. The molecule has 19 heavy (non-hydrogen) atoms. The van der Waals surface area contributed by atoms with Crippen molar-refractivity contribution in [3.05, 3.63) is 0 Å². The van der Waals surface area contributed by atoms with Crippen molar-refractivity contribution in [2.24, 2.45) is 0 Å². The summed E-state index contributed by atoms with van der Waals surface area (Å²) in [5.74, 6) is 0. The van der Waals surface area contributed by atoms with Crippen LogP contribution < -0.4 is 5.32 Å². The first kappa shape index (κ1) is 16.9. The lowest BCUT2D eigenvalue weighted by atomic mass is 10.1. The third kappa shape index (κ3) is 7.91. The van der Waals surface area contributed by atoms with E-state index < -0.39 is 0 Å². The van der Waals surface area contributed by atoms with Gasteiger partial charge in [0.15, 0.2) is 0 Å². The van der Waals surface area contributed by atoms with Crippen LogP contribution in [0, 0.1) is 0 Å². The molecule has 0 aromatic rings. The first-order valence-electron chi connectivity index (χ1n) is 8.21. The Morgan fingerprint density at radius 3 is 2.58 bits per heavy atom. The highest BCUT2D eigenvalue weighted by atomic mass is 15.2. The smallest absolute Gasteiger partial charge is 0.0223 e. The molecule has 0 bridgehead atoms. The Kier molecular flexibility index (Phi) is 8.67. The van der Waals surface area contributed by atoms with E-state index in [4.69, 9.17) is 0 Å². The highest BCUT2D eigenvalue weighted by Crippen LogP contribution is 2.18. The molecule has 1 heterocycles. The first-order valence-corrected chi connectivity index (χ1v) is 8.21.